The molecule has 0 fully saturated rings. The first-order valence-electron chi connectivity index (χ1n) is 4.53. The number of carbonyl (C=O) groups excluding carboxylic acids is 1. The van der Waals surface area contributed by atoms with Crippen LogP contribution in [0.25, 0.3) is 0 Å². The molecule has 0 radical (unpaired) electrons. The van der Waals surface area contributed by atoms with E-state index >= 15 is 0 Å². The lowest BCUT2D eigenvalue weighted by molar-refractivity contribution is -0.385. The highest BCUT2D eigenvalue weighted by atomic mass is 35.7. The summed E-state index contributed by atoms with van der Waals surface area (Å²) < 4.78 is 22.7. The Morgan fingerprint density at radius 3 is 2.41 bits per heavy atom. The third kappa shape index (κ3) is 2.62. The number of nitro groups is 1. The predicted octanol–water partition coefficient (Wildman–Crippen LogP) is 1.90. The van der Waals surface area contributed by atoms with Crippen LogP contribution < -0.4 is 0 Å². The van der Waals surface area contributed by atoms with E-state index in [0.29, 0.717) is 6.29 Å². The molecular weight excluding hydrogens is 270 g/mol. The molecule has 0 saturated heterocycles. The first-order chi connectivity index (χ1) is 7.82. The molecule has 0 aliphatic carbocycles. The van der Waals surface area contributed by atoms with Crippen molar-refractivity contribution in [3.63, 3.8) is 0 Å². The van der Waals surface area contributed by atoms with E-state index in [1.807, 2.05) is 0 Å². The second-order valence-corrected chi connectivity index (χ2v) is 5.65. The monoisotopic (exact) mass is 277 g/mol. The zero-order chi connectivity index (χ0) is 13.2. The second-order valence-electron chi connectivity index (χ2n) is 3.15. The Kier molecular flexibility index (Phi) is 3.84. The summed E-state index contributed by atoms with van der Waals surface area (Å²) in [5.41, 5.74) is -0.602. The lowest BCUT2D eigenvalue weighted by Crippen LogP contribution is -2.06. The SMILES string of the molecule is CCc1c([N+](=O)[O-])ccc(C=O)c1S(=O)(=O)Cl. The van der Waals surface area contributed by atoms with Crippen LogP contribution >= 0.6 is 10.7 Å². The minimum Gasteiger partial charge on any atom is -0.298 e. The molecule has 0 aliphatic rings. The van der Waals surface area contributed by atoms with Gasteiger partial charge in [0.25, 0.3) is 14.7 Å². The van der Waals surface area contributed by atoms with Crippen LogP contribution in [0.1, 0.15) is 22.8 Å². The third-order valence-electron chi connectivity index (χ3n) is 2.19. The van der Waals surface area contributed by atoms with E-state index in [2.05, 4.69) is 0 Å². The van der Waals surface area contributed by atoms with Crippen molar-refractivity contribution in [1.82, 2.24) is 0 Å². The van der Waals surface area contributed by atoms with E-state index in [9.17, 15) is 23.3 Å². The largest absolute Gasteiger partial charge is 0.298 e. The number of hydrogen-bond acceptors (Lipinski definition) is 5. The van der Waals surface area contributed by atoms with E-state index < -0.39 is 18.9 Å². The molecule has 0 N–H and O–H groups in total. The van der Waals surface area contributed by atoms with Crippen molar-refractivity contribution < 1.29 is 18.1 Å². The van der Waals surface area contributed by atoms with Gasteiger partial charge >= 0.3 is 0 Å². The number of nitrogens with zero attached hydrogens (tertiary/aromatic N) is 1. The highest BCUT2D eigenvalue weighted by molar-refractivity contribution is 8.13. The Labute approximate surface area is 102 Å². The summed E-state index contributed by atoms with van der Waals surface area (Å²) >= 11 is 0. The molecule has 0 heterocycles. The molecule has 17 heavy (non-hydrogen) atoms. The van der Waals surface area contributed by atoms with Gasteiger partial charge in [0.05, 0.1) is 10.5 Å². The fourth-order valence-corrected chi connectivity index (χ4v) is 3.02. The molecule has 92 valence electrons. The highest BCUT2D eigenvalue weighted by Gasteiger charge is 2.26. The summed E-state index contributed by atoms with van der Waals surface area (Å²) in [5.74, 6) is 0. The van der Waals surface area contributed by atoms with E-state index in [4.69, 9.17) is 10.7 Å². The molecule has 0 unspecified atom stereocenters. The van der Waals surface area contributed by atoms with Gasteiger partial charge in [0.15, 0.2) is 6.29 Å². The molecule has 6 nitrogen and oxygen atoms in total. The molecule has 0 aliphatic heterocycles. The number of hydrogen-bond donors (Lipinski definition) is 0. The summed E-state index contributed by atoms with van der Waals surface area (Å²) in [4.78, 5) is 20.3. The molecule has 1 rings (SSSR count). The van der Waals surface area contributed by atoms with Crippen molar-refractivity contribution in [1.29, 1.82) is 0 Å². The van der Waals surface area contributed by atoms with Crippen LogP contribution in [-0.2, 0) is 15.5 Å². The number of benzene rings is 1. The summed E-state index contributed by atoms with van der Waals surface area (Å²) in [6.45, 7) is 1.54. The van der Waals surface area contributed by atoms with Gasteiger partial charge in [-0.25, -0.2) is 8.42 Å². The maximum atomic E-state index is 11.4. The lowest BCUT2D eigenvalue weighted by Gasteiger charge is -2.07. The van der Waals surface area contributed by atoms with Gasteiger partial charge in [0.1, 0.15) is 4.90 Å². The van der Waals surface area contributed by atoms with Crippen LogP contribution in [0.2, 0.25) is 0 Å². The van der Waals surface area contributed by atoms with E-state index in [0.717, 1.165) is 12.1 Å². The molecule has 0 bridgehead atoms. The van der Waals surface area contributed by atoms with Gasteiger partial charge in [-0.3, -0.25) is 14.9 Å². The molecular formula is C9H8ClNO5S. The third-order valence-corrected chi connectivity index (χ3v) is 3.62. The molecule has 1 aromatic carbocycles. The Balaban J connectivity index is 3.79. The first-order valence-corrected chi connectivity index (χ1v) is 6.84. The van der Waals surface area contributed by atoms with Crippen LogP contribution in [0.3, 0.4) is 0 Å². The molecule has 0 aromatic heterocycles. The van der Waals surface area contributed by atoms with Crippen molar-refractivity contribution >= 4 is 31.7 Å². The van der Waals surface area contributed by atoms with E-state index in [1.54, 1.807) is 6.92 Å². The van der Waals surface area contributed by atoms with Gasteiger partial charge in [0.2, 0.25) is 0 Å². The normalized spacial score (nSPS) is 11.2. The van der Waals surface area contributed by atoms with Gasteiger partial charge in [-0.2, -0.15) is 0 Å². The van der Waals surface area contributed by atoms with E-state index in [1.165, 1.54) is 0 Å². The van der Waals surface area contributed by atoms with Crippen molar-refractivity contribution in [2.45, 2.75) is 18.2 Å². The van der Waals surface area contributed by atoms with Gasteiger partial charge in [0, 0.05) is 22.3 Å². The minimum absolute atomic E-state index is 0.0606. The smallest absolute Gasteiger partial charge is 0.273 e. The van der Waals surface area contributed by atoms with Crippen LogP contribution in [0.4, 0.5) is 5.69 Å². The summed E-state index contributed by atoms with van der Waals surface area (Å²) in [5, 5.41) is 10.7. The van der Waals surface area contributed by atoms with Crippen LogP contribution in [0.5, 0.6) is 0 Å². The van der Waals surface area contributed by atoms with Crippen LogP contribution in [-0.4, -0.2) is 19.6 Å². The highest BCUT2D eigenvalue weighted by Crippen LogP contribution is 2.31. The van der Waals surface area contributed by atoms with Gasteiger partial charge in [-0.05, 0) is 12.5 Å². The van der Waals surface area contributed by atoms with E-state index in [-0.39, 0.29) is 23.2 Å². The fraction of sp³-hybridized carbons (Fsp3) is 0.222. The van der Waals surface area contributed by atoms with Gasteiger partial charge in [-0.1, -0.05) is 6.92 Å². The second kappa shape index (κ2) is 4.80. The summed E-state index contributed by atoms with van der Waals surface area (Å²) in [6, 6.07) is 2.16. The average molecular weight is 278 g/mol. The Hall–Kier alpha value is -1.47. The molecule has 8 heteroatoms. The van der Waals surface area contributed by atoms with Gasteiger partial charge < -0.3 is 0 Å². The number of nitro benzene ring substituents is 1. The molecule has 0 atom stereocenters. The summed E-state index contributed by atoms with van der Waals surface area (Å²) in [7, 11) is 0.986. The first kappa shape index (κ1) is 13.6. The standard InChI is InChI=1S/C9H8ClNO5S/c1-2-7-8(11(13)14)4-3-6(5-12)9(7)17(10,15)16/h3-5H,2H2,1H3. The Morgan fingerprint density at radius 1 is 1.47 bits per heavy atom. The maximum absolute atomic E-state index is 11.4. The van der Waals surface area contributed by atoms with Crippen molar-refractivity contribution in [3.05, 3.63) is 33.4 Å². The van der Waals surface area contributed by atoms with Gasteiger partial charge in [-0.15, -0.1) is 0 Å². The maximum Gasteiger partial charge on any atom is 0.273 e. The number of halogens is 1. The topological polar surface area (TPSA) is 94.3 Å². The fourth-order valence-electron chi connectivity index (χ4n) is 1.53. The van der Waals surface area contributed by atoms with Crippen molar-refractivity contribution in [2.75, 3.05) is 0 Å². The zero-order valence-electron chi connectivity index (χ0n) is 8.71. The molecule has 0 amide bonds. The van der Waals surface area contributed by atoms with Crippen molar-refractivity contribution in [2.24, 2.45) is 0 Å². The molecule has 0 spiro atoms. The quantitative estimate of drug-likeness (QED) is 0.362. The van der Waals surface area contributed by atoms with Crippen LogP contribution in [0.15, 0.2) is 17.0 Å². The van der Waals surface area contributed by atoms with Crippen molar-refractivity contribution in [3.8, 4) is 0 Å². The molecule has 1 aromatic rings. The van der Waals surface area contributed by atoms with Crippen LogP contribution in [0, 0.1) is 10.1 Å². The number of carbonyl (C=O) groups is 1. The lowest BCUT2D eigenvalue weighted by atomic mass is 10.1. The minimum atomic E-state index is -4.21. The number of aldehydes is 1. The number of rotatable bonds is 4. The Bertz CT molecular complexity index is 581. The Morgan fingerprint density at radius 2 is 2.06 bits per heavy atom. The molecule has 0 saturated carbocycles. The average Bonchev–Trinajstić information content (AvgIpc) is 2.25. The predicted molar refractivity (Wildman–Crippen MR) is 60.9 cm³/mol. The summed E-state index contributed by atoms with van der Waals surface area (Å²) in [6.07, 6.45) is 0.386. The zero-order valence-corrected chi connectivity index (χ0v) is 10.3.